The summed E-state index contributed by atoms with van der Waals surface area (Å²) >= 11 is 0. The molecular formula is C13H21NO6. The highest BCUT2D eigenvalue weighted by Gasteiger charge is 2.47. The molecule has 7 nitrogen and oxygen atoms in total. The number of nitrogens with zero attached hydrogens (tertiary/aromatic N) is 1. The van der Waals surface area contributed by atoms with Crippen LogP contribution in [0, 0.1) is 0 Å². The number of aliphatic carboxylic acids is 1. The van der Waals surface area contributed by atoms with E-state index in [4.69, 9.17) is 19.3 Å². The summed E-state index contributed by atoms with van der Waals surface area (Å²) < 4.78 is 16.3. The Morgan fingerprint density at radius 2 is 2.10 bits per heavy atom. The van der Waals surface area contributed by atoms with E-state index in [0.717, 1.165) is 0 Å². The van der Waals surface area contributed by atoms with Crippen LogP contribution in [0.25, 0.3) is 0 Å². The minimum atomic E-state index is -1.04. The van der Waals surface area contributed by atoms with Gasteiger partial charge in [-0.2, -0.15) is 0 Å². The first-order valence-electron chi connectivity index (χ1n) is 6.67. The van der Waals surface area contributed by atoms with Gasteiger partial charge in [-0.1, -0.05) is 0 Å². The van der Waals surface area contributed by atoms with E-state index in [1.165, 1.54) is 0 Å². The maximum Gasteiger partial charge on any atom is 0.410 e. The number of ether oxygens (including phenoxy) is 3. The molecular weight excluding hydrogens is 266 g/mol. The number of carboxylic acid groups (broad SMARTS) is 1. The van der Waals surface area contributed by atoms with Gasteiger partial charge in [0.05, 0.1) is 19.8 Å². The highest BCUT2D eigenvalue weighted by atomic mass is 16.6. The zero-order chi connectivity index (χ0) is 15.0. The number of hydrogen-bond donors (Lipinski definition) is 1. The maximum atomic E-state index is 12.0. The first-order valence-corrected chi connectivity index (χ1v) is 6.67. The average molecular weight is 287 g/mol. The highest BCUT2D eigenvalue weighted by Crippen LogP contribution is 2.31. The van der Waals surface area contributed by atoms with Gasteiger partial charge in [0.2, 0.25) is 0 Å². The van der Waals surface area contributed by atoms with Crippen LogP contribution < -0.4 is 0 Å². The van der Waals surface area contributed by atoms with Crippen molar-refractivity contribution in [3.8, 4) is 0 Å². The molecule has 2 aliphatic rings. The Morgan fingerprint density at radius 1 is 1.40 bits per heavy atom. The molecule has 2 rings (SSSR count). The number of hydrogen-bond acceptors (Lipinski definition) is 5. The predicted octanol–water partition coefficient (Wildman–Crippen LogP) is 0.866. The van der Waals surface area contributed by atoms with E-state index >= 15 is 0 Å². The molecule has 0 saturated carbocycles. The van der Waals surface area contributed by atoms with Crippen LogP contribution in [0.2, 0.25) is 0 Å². The topological polar surface area (TPSA) is 85.3 Å². The molecule has 0 aromatic carbocycles. The van der Waals surface area contributed by atoms with Gasteiger partial charge in [0.1, 0.15) is 11.2 Å². The van der Waals surface area contributed by atoms with Gasteiger partial charge < -0.3 is 24.2 Å². The van der Waals surface area contributed by atoms with E-state index < -0.39 is 29.4 Å². The van der Waals surface area contributed by atoms with Crippen LogP contribution in [0.3, 0.4) is 0 Å². The number of carbonyl (C=O) groups is 2. The summed E-state index contributed by atoms with van der Waals surface area (Å²) in [4.78, 5) is 24.5. The second kappa shape index (κ2) is 5.21. The highest BCUT2D eigenvalue weighted by molar-refractivity contribution is 5.72. The van der Waals surface area contributed by atoms with Crippen molar-refractivity contribution in [3.63, 3.8) is 0 Å². The third-order valence-corrected chi connectivity index (χ3v) is 3.27. The van der Waals surface area contributed by atoms with E-state index in [1.807, 2.05) is 0 Å². The van der Waals surface area contributed by atoms with Crippen molar-refractivity contribution >= 4 is 12.1 Å². The monoisotopic (exact) mass is 287 g/mol. The first kappa shape index (κ1) is 15.1. The zero-order valence-corrected chi connectivity index (χ0v) is 12.0. The molecule has 2 aliphatic heterocycles. The number of carbonyl (C=O) groups excluding carboxylic acids is 1. The molecule has 2 atom stereocenters. The summed E-state index contributed by atoms with van der Waals surface area (Å²) in [7, 11) is 0. The maximum absolute atomic E-state index is 12.0. The Bertz CT molecular complexity index is 404. The summed E-state index contributed by atoms with van der Waals surface area (Å²) in [5.74, 6) is -1.04. The fourth-order valence-corrected chi connectivity index (χ4v) is 2.38. The molecule has 2 fully saturated rings. The van der Waals surface area contributed by atoms with Crippen LogP contribution in [0.1, 0.15) is 27.2 Å². The Labute approximate surface area is 117 Å². The average Bonchev–Trinajstić information content (AvgIpc) is 2.71. The predicted molar refractivity (Wildman–Crippen MR) is 68.5 cm³/mol. The fraction of sp³-hybridized carbons (Fsp3) is 0.846. The van der Waals surface area contributed by atoms with Crippen molar-refractivity contribution in [1.82, 2.24) is 4.90 Å². The van der Waals surface area contributed by atoms with Crippen molar-refractivity contribution in [3.05, 3.63) is 0 Å². The molecule has 0 aliphatic carbocycles. The minimum Gasteiger partial charge on any atom is -0.479 e. The van der Waals surface area contributed by atoms with Gasteiger partial charge in [-0.15, -0.1) is 0 Å². The lowest BCUT2D eigenvalue weighted by molar-refractivity contribution is -0.206. The molecule has 7 heteroatoms. The van der Waals surface area contributed by atoms with E-state index in [9.17, 15) is 9.59 Å². The second-order valence-corrected chi connectivity index (χ2v) is 6.29. The van der Waals surface area contributed by atoms with Crippen molar-refractivity contribution in [2.45, 2.75) is 44.5 Å². The van der Waals surface area contributed by atoms with Gasteiger partial charge in [0.15, 0.2) is 6.10 Å². The Morgan fingerprint density at radius 3 is 2.70 bits per heavy atom. The molecule has 1 N–H and O–H groups in total. The molecule has 114 valence electrons. The molecule has 1 spiro atoms. The Hall–Kier alpha value is -1.34. The Balaban J connectivity index is 1.97. The minimum absolute atomic E-state index is 0.0452. The quantitative estimate of drug-likeness (QED) is 0.770. The summed E-state index contributed by atoms with van der Waals surface area (Å²) in [6.45, 7) is 6.53. The number of likely N-dealkylation sites (tertiary alicyclic amines) is 1. The van der Waals surface area contributed by atoms with Gasteiger partial charge in [0.25, 0.3) is 0 Å². The van der Waals surface area contributed by atoms with E-state index in [1.54, 1.807) is 25.7 Å². The van der Waals surface area contributed by atoms with Crippen molar-refractivity contribution < 1.29 is 28.9 Å². The van der Waals surface area contributed by atoms with Crippen LogP contribution in [-0.2, 0) is 19.0 Å². The van der Waals surface area contributed by atoms with E-state index in [2.05, 4.69) is 0 Å². The lowest BCUT2D eigenvalue weighted by atomic mass is 10.0. The van der Waals surface area contributed by atoms with Crippen LogP contribution >= 0.6 is 0 Å². The molecule has 2 heterocycles. The van der Waals surface area contributed by atoms with Gasteiger partial charge >= 0.3 is 12.1 Å². The SMILES string of the molecule is CC(C)(C)OC(=O)N1CCC2(COCC(C(=O)O)O2)C1. The molecule has 1 amide bonds. The summed E-state index contributed by atoms with van der Waals surface area (Å²) in [6, 6.07) is 0. The van der Waals surface area contributed by atoms with Crippen LogP contribution in [0.15, 0.2) is 0 Å². The third-order valence-electron chi connectivity index (χ3n) is 3.27. The number of amides is 1. The van der Waals surface area contributed by atoms with Crippen LogP contribution in [0.4, 0.5) is 4.79 Å². The number of carboxylic acids is 1. The first-order chi connectivity index (χ1) is 9.21. The summed E-state index contributed by atoms with van der Waals surface area (Å²) in [5, 5.41) is 9.00. The Kier molecular flexibility index (Phi) is 3.93. The number of rotatable bonds is 1. The standard InChI is InChI=1S/C13H21NO6/c1-12(2,3)20-11(17)14-5-4-13(7-14)8-18-6-9(19-13)10(15)16/h9H,4-8H2,1-3H3,(H,15,16). The second-order valence-electron chi connectivity index (χ2n) is 6.29. The van der Waals surface area contributed by atoms with Gasteiger partial charge in [-0.25, -0.2) is 9.59 Å². The van der Waals surface area contributed by atoms with Crippen LogP contribution in [-0.4, -0.2) is 65.7 Å². The molecule has 20 heavy (non-hydrogen) atoms. The molecule has 2 unspecified atom stereocenters. The molecule has 0 radical (unpaired) electrons. The van der Waals surface area contributed by atoms with Gasteiger partial charge in [0, 0.05) is 6.54 Å². The fourth-order valence-electron chi connectivity index (χ4n) is 2.38. The van der Waals surface area contributed by atoms with Gasteiger partial charge in [-0.3, -0.25) is 0 Å². The van der Waals surface area contributed by atoms with Gasteiger partial charge in [-0.05, 0) is 27.2 Å². The van der Waals surface area contributed by atoms with Crippen molar-refractivity contribution in [2.24, 2.45) is 0 Å². The van der Waals surface area contributed by atoms with Crippen LogP contribution in [0.5, 0.6) is 0 Å². The molecule has 0 aromatic heterocycles. The van der Waals surface area contributed by atoms with Crippen molar-refractivity contribution in [2.75, 3.05) is 26.3 Å². The van der Waals surface area contributed by atoms with Crippen molar-refractivity contribution in [1.29, 1.82) is 0 Å². The third kappa shape index (κ3) is 3.40. The lowest BCUT2D eigenvalue weighted by Gasteiger charge is -2.36. The lowest BCUT2D eigenvalue weighted by Crippen LogP contribution is -2.52. The molecule has 0 bridgehead atoms. The smallest absolute Gasteiger partial charge is 0.410 e. The van der Waals surface area contributed by atoms with E-state index in [0.29, 0.717) is 26.1 Å². The largest absolute Gasteiger partial charge is 0.479 e. The normalized spacial score (nSPS) is 30.6. The van der Waals surface area contributed by atoms with E-state index in [-0.39, 0.29) is 6.61 Å². The summed E-state index contributed by atoms with van der Waals surface area (Å²) in [5.41, 5.74) is -1.28. The summed E-state index contributed by atoms with van der Waals surface area (Å²) in [6.07, 6.45) is -0.825. The molecule has 2 saturated heterocycles. The molecule has 0 aromatic rings. The zero-order valence-electron chi connectivity index (χ0n) is 12.0.